The summed E-state index contributed by atoms with van der Waals surface area (Å²) in [5.74, 6) is 0.130. The first-order valence-corrected chi connectivity index (χ1v) is 18.5. The minimum atomic E-state index is -4.16. The molecule has 4 aromatic rings. The number of ether oxygens (including phenoxy) is 1. The van der Waals surface area contributed by atoms with E-state index in [1.807, 2.05) is 66.7 Å². The number of carbonyl (C=O) groups is 2. The number of anilines is 1. The lowest BCUT2D eigenvalue weighted by molar-refractivity contribution is -0.140. The van der Waals surface area contributed by atoms with Crippen LogP contribution in [-0.2, 0) is 32.6 Å². The summed E-state index contributed by atoms with van der Waals surface area (Å²) in [5, 5.41) is 3.25. The largest absolute Gasteiger partial charge is 0.497 e. The molecule has 4 aromatic carbocycles. The van der Waals surface area contributed by atoms with Crippen LogP contribution in [0, 0.1) is 0 Å². The molecule has 1 saturated carbocycles. The molecule has 49 heavy (non-hydrogen) atoms. The van der Waals surface area contributed by atoms with Crippen molar-refractivity contribution in [3.63, 3.8) is 0 Å². The lowest BCUT2D eigenvalue weighted by atomic mass is 9.94. The van der Waals surface area contributed by atoms with Gasteiger partial charge in [-0.3, -0.25) is 13.9 Å². The fraction of sp³-hybridized carbons (Fsp3) is 0.350. The van der Waals surface area contributed by atoms with Gasteiger partial charge in [0.25, 0.3) is 10.0 Å². The standard InChI is InChI=1S/C40H47N3O5S/c1-30(2)33-22-24-35(25-23-33)43(49(46,47)37-20-11-6-12-21-37)29-39(44)42(28-32-16-13-19-36(26-32)48-3)38(27-31-14-7-4-8-15-31)40(45)41-34-17-9-5-10-18-34/h4,6-8,11-16,19-26,30,34,38H,5,9-10,17-18,27-29H2,1-3H3,(H,41,45). The van der Waals surface area contributed by atoms with E-state index in [1.54, 1.807) is 37.4 Å². The Morgan fingerprint density at radius 3 is 2.08 bits per heavy atom. The summed E-state index contributed by atoms with van der Waals surface area (Å²) in [6.07, 6.45) is 5.28. The molecule has 9 heteroatoms. The highest BCUT2D eigenvalue weighted by Crippen LogP contribution is 2.28. The van der Waals surface area contributed by atoms with Gasteiger partial charge < -0.3 is 15.0 Å². The van der Waals surface area contributed by atoms with Crippen molar-refractivity contribution in [1.82, 2.24) is 10.2 Å². The SMILES string of the molecule is COc1cccc(CN(C(=O)CN(c2ccc(C(C)C)cc2)S(=O)(=O)c2ccccc2)C(Cc2ccccc2)C(=O)NC2CCCCC2)c1. The molecule has 2 amide bonds. The number of rotatable bonds is 14. The molecule has 1 aliphatic rings. The molecule has 0 saturated heterocycles. The Kier molecular flexibility index (Phi) is 12.1. The number of hydrogen-bond acceptors (Lipinski definition) is 5. The molecular formula is C40H47N3O5S. The maximum atomic E-state index is 14.8. The molecule has 5 rings (SSSR count). The highest BCUT2D eigenvalue weighted by Gasteiger charge is 2.35. The molecule has 1 atom stereocenters. The Morgan fingerprint density at radius 1 is 0.816 bits per heavy atom. The Morgan fingerprint density at radius 2 is 1.45 bits per heavy atom. The van der Waals surface area contributed by atoms with Crippen molar-refractivity contribution < 1.29 is 22.7 Å². The monoisotopic (exact) mass is 681 g/mol. The van der Waals surface area contributed by atoms with E-state index in [1.165, 1.54) is 17.0 Å². The van der Waals surface area contributed by atoms with E-state index < -0.39 is 28.5 Å². The molecule has 1 aliphatic carbocycles. The summed E-state index contributed by atoms with van der Waals surface area (Å²) in [6.45, 7) is 3.72. The molecule has 0 radical (unpaired) electrons. The first-order chi connectivity index (χ1) is 23.7. The van der Waals surface area contributed by atoms with Gasteiger partial charge in [-0.15, -0.1) is 0 Å². The van der Waals surface area contributed by atoms with Crippen LogP contribution in [0.1, 0.15) is 68.6 Å². The van der Waals surface area contributed by atoms with Crippen molar-refractivity contribution in [2.45, 2.75) is 81.8 Å². The quantitative estimate of drug-likeness (QED) is 0.153. The van der Waals surface area contributed by atoms with Crippen molar-refractivity contribution in [3.8, 4) is 5.75 Å². The van der Waals surface area contributed by atoms with E-state index in [0.29, 0.717) is 11.4 Å². The van der Waals surface area contributed by atoms with Crippen LogP contribution in [0.2, 0.25) is 0 Å². The number of amides is 2. The maximum absolute atomic E-state index is 14.8. The highest BCUT2D eigenvalue weighted by atomic mass is 32.2. The van der Waals surface area contributed by atoms with Crippen molar-refractivity contribution in [3.05, 3.63) is 126 Å². The molecule has 0 aromatic heterocycles. The molecule has 0 heterocycles. The summed E-state index contributed by atoms with van der Waals surface area (Å²) in [4.78, 5) is 30.7. The zero-order valence-electron chi connectivity index (χ0n) is 28.6. The fourth-order valence-corrected chi connectivity index (χ4v) is 7.77. The summed E-state index contributed by atoms with van der Waals surface area (Å²) < 4.78 is 35.2. The van der Waals surface area contributed by atoms with Crippen molar-refractivity contribution >= 4 is 27.5 Å². The van der Waals surface area contributed by atoms with Gasteiger partial charge in [-0.1, -0.05) is 106 Å². The van der Waals surface area contributed by atoms with Crippen LogP contribution < -0.4 is 14.4 Å². The van der Waals surface area contributed by atoms with Gasteiger partial charge >= 0.3 is 0 Å². The third-order valence-corrected chi connectivity index (χ3v) is 11.0. The van der Waals surface area contributed by atoms with E-state index in [2.05, 4.69) is 19.2 Å². The third kappa shape index (κ3) is 9.29. The lowest BCUT2D eigenvalue weighted by Gasteiger charge is -2.35. The van der Waals surface area contributed by atoms with E-state index in [4.69, 9.17) is 4.74 Å². The van der Waals surface area contributed by atoms with E-state index in [-0.39, 0.29) is 35.7 Å². The van der Waals surface area contributed by atoms with Gasteiger partial charge in [0.1, 0.15) is 18.3 Å². The first kappa shape index (κ1) is 35.7. The number of benzene rings is 4. The third-order valence-electron chi connectivity index (χ3n) is 9.17. The fourth-order valence-electron chi connectivity index (χ4n) is 6.34. The predicted molar refractivity (Wildman–Crippen MR) is 194 cm³/mol. The zero-order valence-corrected chi connectivity index (χ0v) is 29.4. The first-order valence-electron chi connectivity index (χ1n) is 17.1. The number of methoxy groups -OCH3 is 1. The molecule has 1 fully saturated rings. The minimum Gasteiger partial charge on any atom is -0.497 e. The summed E-state index contributed by atoms with van der Waals surface area (Å²) >= 11 is 0. The van der Waals surface area contributed by atoms with Crippen LogP contribution in [0.3, 0.4) is 0 Å². The number of nitrogens with zero attached hydrogens (tertiary/aromatic N) is 2. The summed E-state index contributed by atoms with van der Waals surface area (Å²) in [7, 11) is -2.58. The van der Waals surface area contributed by atoms with Crippen molar-refractivity contribution in [2.75, 3.05) is 18.0 Å². The van der Waals surface area contributed by atoms with Gasteiger partial charge in [-0.05, 0) is 71.8 Å². The van der Waals surface area contributed by atoms with E-state index in [0.717, 1.165) is 53.1 Å². The Bertz CT molecular complexity index is 1770. The molecule has 0 spiro atoms. The average Bonchev–Trinajstić information content (AvgIpc) is 3.13. The second-order valence-corrected chi connectivity index (χ2v) is 14.9. The average molecular weight is 682 g/mol. The minimum absolute atomic E-state index is 0.0303. The van der Waals surface area contributed by atoms with Gasteiger partial charge in [-0.2, -0.15) is 0 Å². The summed E-state index contributed by atoms with van der Waals surface area (Å²) in [6, 6.07) is 31.5. The van der Waals surface area contributed by atoms with Crippen LogP contribution in [0.5, 0.6) is 5.75 Å². The van der Waals surface area contributed by atoms with Crippen molar-refractivity contribution in [1.29, 1.82) is 0 Å². The number of carbonyl (C=O) groups excluding carboxylic acids is 2. The highest BCUT2D eigenvalue weighted by molar-refractivity contribution is 7.92. The Balaban J connectivity index is 1.57. The molecule has 1 unspecified atom stereocenters. The van der Waals surface area contributed by atoms with Gasteiger partial charge in [0.2, 0.25) is 11.8 Å². The van der Waals surface area contributed by atoms with Crippen LogP contribution >= 0.6 is 0 Å². The van der Waals surface area contributed by atoms with E-state index in [9.17, 15) is 18.0 Å². The van der Waals surface area contributed by atoms with E-state index >= 15 is 0 Å². The number of hydrogen-bond donors (Lipinski definition) is 1. The van der Waals surface area contributed by atoms with Gasteiger partial charge in [0.05, 0.1) is 17.7 Å². The van der Waals surface area contributed by atoms with Gasteiger partial charge in [0.15, 0.2) is 0 Å². The number of sulfonamides is 1. The van der Waals surface area contributed by atoms with Crippen LogP contribution in [0.25, 0.3) is 0 Å². The van der Waals surface area contributed by atoms with Crippen LogP contribution in [-0.4, -0.2) is 50.9 Å². The van der Waals surface area contributed by atoms with Crippen LogP contribution in [0.4, 0.5) is 5.69 Å². The lowest BCUT2D eigenvalue weighted by Crippen LogP contribution is -2.55. The molecule has 8 nitrogen and oxygen atoms in total. The van der Waals surface area contributed by atoms with Crippen molar-refractivity contribution in [2.24, 2.45) is 0 Å². The van der Waals surface area contributed by atoms with Crippen LogP contribution in [0.15, 0.2) is 114 Å². The molecule has 0 bridgehead atoms. The molecule has 258 valence electrons. The number of nitrogens with one attached hydrogen (secondary N) is 1. The Hall–Kier alpha value is -4.63. The molecule has 1 N–H and O–H groups in total. The second-order valence-electron chi connectivity index (χ2n) is 13.0. The Labute approximate surface area is 291 Å². The van der Waals surface area contributed by atoms with Gasteiger partial charge in [0, 0.05) is 19.0 Å². The van der Waals surface area contributed by atoms with Gasteiger partial charge in [-0.25, -0.2) is 8.42 Å². The second kappa shape index (κ2) is 16.7. The zero-order chi connectivity index (χ0) is 34.8. The topological polar surface area (TPSA) is 96.0 Å². The normalized spacial score (nSPS) is 14.2. The molecule has 0 aliphatic heterocycles. The summed E-state index contributed by atoms with van der Waals surface area (Å²) in [5.41, 5.74) is 3.08. The smallest absolute Gasteiger partial charge is 0.264 e. The maximum Gasteiger partial charge on any atom is 0.264 e. The predicted octanol–water partition coefficient (Wildman–Crippen LogP) is 7.10. The molecular weight excluding hydrogens is 635 g/mol.